The van der Waals surface area contributed by atoms with Gasteiger partial charge in [0.05, 0.1) is 18.2 Å². The topological polar surface area (TPSA) is 110 Å². The first-order valence-corrected chi connectivity index (χ1v) is 7.33. The van der Waals surface area contributed by atoms with E-state index in [4.69, 9.17) is 9.47 Å². The van der Waals surface area contributed by atoms with Crippen molar-refractivity contribution in [1.29, 1.82) is 0 Å². The summed E-state index contributed by atoms with van der Waals surface area (Å²) in [5.41, 5.74) is -0.0419. The first-order chi connectivity index (χ1) is 11.8. The molecule has 0 aliphatic heterocycles. The Morgan fingerprint density at radius 1 is 0.960 bits per heavy atom. The van der Waals surface area contributed by atoms with Gasteiger partial charge < -0.3 is 19.7 Å². The Bertz CT molecular complexity index is 928. The fraction of sp³-hybridized carbons (Fsp3) is 0.167. The number of phenols is 2. The summed E-state index contributed by atoms with van der Waals surface area (Å²) in [7, 11) is 1.37. The van der Waals surface area contributed by atoms with Crippen LogP contribution < -0.4 is 4.74 Å². The molecule has 0 heterocycles. The molecule has 7 heteroatoms. The molecule has 0 fully saturated rings. The first-order valence-electron chi connectivity index (χ1n) is 7.33. The number of benzene rings is 2. The van der Waals surface area contributed by atoms with Crippen molar-refractivity contribution in [3.63, 3.8) is 0 Å². The minimum absolute atomic E-state index is 0.0154. The van der Waals surface area contributed by atoms with Crippen LogP contribution in [-0.4, -0.2) is 34.9 Å². The van der Waals surface area contributed by atoms with Gasteiger partial charge in [0.2, 0.25) is 5.78 Å². The molecule has 0 spiro atoms. The molecular formula is C18H14O7. The second kappa shape index (κ2) is 5.94. The van der Waals surface area contributed by atoms with Gasteiger partial charge in [-0.15, -0.1) is 0 Å². The Balaban J connectivity index is 2.16. The van der Waals surface area contributed by atoms with E-state index in [0.717, 1.165) is 0 Å². The lowest BCUT2D eigenvalue weighted by molar-refractivity contribution is -0.142. The van der Waals surface area contributed by atoms with E-state index in [-0.39, 0.29) is 34.6 Å². The van der Waals surface area contributed by atoms with Crippen molar-refractivity contribution in [3.05, 3.63) is 52.1 Å². The highest BCUT2D eigenvalue weighted by Gasteiger charge is 2.35. The number of ether oxygens (including phenoxy) is 2. The van der Waals surface area contributed by atoms with E-state index in [1.807, 2.05) is 0 Å². The summed E-state index contributed by atoms with van der Waals surface area (Å²) < 4.78 is 9.87. The normalized spacial score (nSPS) is 12.4. The summed E-state index contributed by atoms with van der Waals surface area (Å²) in [4.78, 5) is 36.4. The van der Waals surface area contributed by atoms with Crippen molar-refractivity contribution < 1.29 is 34.1 Å². The molecular weight excluding hydrogens is 328 g/mol. The Hall–Kier alpha value is -3.35. The van der Waals surface area contributed by atoms with Gasteiger partial charge in [0.15, 0.2) is 5.78 Å². The van der Waals surface area contributed by atoms with Crippen LogP contribution in [0.15, 0.2) is 24.3 Å². The zero-order valence-corrected chi connectivity index (χ0v) is 13.5. The molecule has 2 N–H and O–H groups in total. The lowest BCUT2D eigenvalue weighted by atomic mass is 9.82. The summed E-state index contributed by atoms with van der Waals surface area (Å²) in [6, 6.07) is 5.21. The van der Waals surface area contributed by atoms with Gasteiger partial charge in [-0.2, -0.15) is 0 Å². The van der Waals surface area contributed by atoms with Crippen LogP contribution >= 0.6 is 0 Å². The van der Waals surface area contributed by atoms with Crippen LogP contribution in [-0.2, 0) is 16.1 Å². The van der Waals surface area contributed by atoms with Crippen molar-refractivity contribution >= 4 is 17.5 Å². The summed E-state index contributed by atoms with van der Waals surface area (Å²) in [5.74, 6) is -2.32. The number of hydrogen-bond donors (Lipinski definition) is 2. The van der Waals surface area contributed by atoms with Crippen LogP contribution in [0.1, 0.15) is 44.3 Å². The van der Waals surface area contributed by atoms with E-state index in [0.29, 0.717) is 5.56 Å². The van der Waals surface area contributed by atoms with Gasteiger partial charge >= 0.3 is 5.97 Å². The molecule has 0 saturated heterocycles. The summed E-state index contributed by atoms with van der Waals surface area (Å²) in [6.07, 6.45) is 0. The van der Waals surface area contributed by atoms with E-state index in [9.17, 15) is 24.6 Å². The minimum atomic E-state index is -0.665. The number of aromatic hydroxyl groups is 2. The van der Waals surface area contributed by atoms with Gasteiger partial charge in [0, 0.05) is 24.1 Å². The number of ketones is 2. The Morgan fingerprint density at radius 3 is 2.16 bits per heavy atom. The van der Waals surface area contributed by atoms with Crippen LogP contribution in [0.4, 0.5) is 0 Å². The van der Waals surface area contributed by atoms with Crippen molar-refractivity contribution in [2.75, 3.05) is 7.11 Å². The maximum Gasteiger partial charge on any atom is 0.302 e. The standard InChI is InChI=1S/C18H14O7/c1-8(19)25-7-9-3-11-15(13(20)4-9)18(23)16-12(17(11)22)5-10(24-2)6-14(16)21/h3-6,20-21H,7H2,1-2H3. The number of esters is 1. The third-order valence-electron chi connectivity index (χ3n) is 3.89. The zero-order valence-electron chi connectivity index (χ0n) is 13.5. The average Bonchev–Trinajstić information content (AvgIpc) is 2.56. The lowest BCUT2D eigenvalue weighted by Gasteiger charge is -2.20. The van der Waals surface area contributed by atoms with Gasteiger partial charge in [-0.1, -0.05) is 0 Å². The molecule has 0 unspecified atom stereocenters. The summed E-state index contributed by atoms with van der Waals surface area (Å²) in [5, 5.41) is 20.3. The molecule has 0 aromatic heterocycles. The molecule has 2 aromatic rings. The maximum atomic E-state index is 12.8. The second-order valence-electron chi connectivity index (χ2n) is 5.55. The Kier molecular flexibility index (Phi) is 3.92. The number of hydrogen-bond acceptors (Lipinski definition) is 7. The number of rotatable bonds is 3. The van der Waals surface area contributed by atoms with Gasteiger partial charge in [-0.25, -0.2) is 0 Å². The molecule has 25 heavy (non-hydrogen) atoms. The molecule has 2 aromatic carbocycles. The van der Waals surface area contributed by atoms with Crippen LogP contribution in [0.2, 0.25) is 0 Å². The summed E-state index contributed by atoms with van der Waals surface area (Å²) >= 11 is 0. The largest absolute Gasteiger partial charge is 0.507 e. The molecule has 128 valence electrons. The van der Waals surface area contributed by atoms with Gasteiger partial charge in [0.1, 0.15) is 23.9 Å². The van der Waals surface area contributed by atoms with Crippen LogP contribution in [0.3, 0.4) is 0 Å². The third-order valence-corrected chi connectivity index (χ3v) is 3.89. The SMILES string of the molecule is COc1cc(O)c2c(c1)C(=O)c1cc(COC(C)=O)cc(O)c1C2=O. The van der Waals surface area contributed by atoms with Crippen LogP contribution in [0.25, 0.3) is 0 Å². The van der Waals surface area contributed by atoms with E-state index < -0.39 is 29.0 Å². The number of fused-ring (bicyclic) bond motifs is 2. The number of carbonyl (C=O) groups is 3. The second-order valence-corrected chi connectivity index (χ2v) is 5.55. The van der Waals surface area contributed by atoms with Gasteiger partial charge in [-0.05, 0) is 23.8 Å². The Labute approximate surface area is 142 Å². The molecule has 0 bridgehead atoms. The molecule has 1 aliphatic carbocycles. The molecule has 7 nitrogen and oxygen atoms in total. The van der Waals surface area contributed by atoms with E-state index in [1.165, 1.54) is 38.3 Å². The highest BCUT2D eigenvalue weighted by atomic mass is 16.5. The Morgan fingerprint density at radius 2 is 1.56 bits per heavy atom. The van der Waals surface area contributed by atoms with Gasteiger partial charge in [0.25, 0.3) is 0 Å². The molecule has 0 radical (unpaired) electrons. The van der Waals surface area contributed by atoms with Crippen molar-refractivity contribution in [1.82, 2.24) is 0 Å². The van der Waals surface area contributed by atoms with Crippen molar-refractivity contribution in [3.8, 4) is 17.2 Å². The van der Waals surface area contributed by atoms with E-state index >= 15 is 0 Å². The summed E-state index contributed by atoms with van der Waals surface area (Å²) in [6.45, 7) is 1.09. The number of carbonyl (C=O) groups excluding carboxylic acids is 3. The molecule has 0 amide bonds. The van der Waals surface area contributed by atoms with Gasteiger partial charge in [-0.3, -0.25) is 14.4 Å². The minimum Gasteiger partial charge on any atom is -0.507 e. The fourth-order valence-corrected chi connectivity index (χ4v) is 2.78. The average molecular weight is 342 g/mol. The third kappa shape index (κ3) is 2.69. The highest BCUT2D eigenvalue weighted by Crippen LogP contribution is 2.39. The van der Waals surface area contributed by atoms with Crippen molar-refractivity contribution in [2.45, 2.75) is 13.5 Å². The predicted molar refractivity (Wildman–Crippen MR) is 85.1 cm³/mol. The molecule has 3 rings (SSSR count). The number of phenolic OH excluding ortho intramolecular Hbond substituents is 2. The maximum absolute atomic E-state index is 12.8. The van der Waals surface area contributed by atoms with Crippen LogP contribution in [0, 0.1) is 0 Å². The molecule has 0 atom stereocenters. The number of methoxy groups -OCH3 is 1. The quantitative estimate of drug-likeness (QED) is 0.700. The lowest BCUT2D eigenvalue weighted by Crippen LogP contribution is -2.22. The van der Waals surface area contributed by atoms with Crippen LogP contribution in [0.5, 0.6) is 17.2 Å². The van der Waals surface area contributed by atoms with E-state index in [2.05, 4.69) is 0 Å². The van der Waals surface area contributed by atoms with Crippen molar-refractivity contribution in [2.24, 2.45) is 0 Å². The molecule has 1 aliphatic rings. The highest BCUT2D eigenvalue weighted by molar-refractivity contribution is 6.30. The monoisotopic (exact) mass is 342 g/mol. The predicted octanol–water partition coefficient (Wildman–Crippen LogP) is 1.94. The smallest absolute Gasteiger partial charge is 0.302 e. The molecule has 0 saturated carbocycles. The van der Waals surface area contributed by atoms with E-state index in [1.54, 1.807) is 0 Å². The zero-order chi connectivity index (χ0) is 18.3. The fourth-order valence-electron chi connectivity index (χ4n) is 2.78. The first kappa shape index (κ1) is 16.5.